The van der Waals surface area contributed by atoms with E-state index in [0.717, 1.165) is 36.4 Å². The van der Waals surface area contributed by atoms with Crippen LogP contribution < -0.4 is 5.32 Å². The second kappa shape index (κ2) is 7.51. The van der Waals surface area contributed by atoms with Gasteiger partial charge in [0.2, 0.25) is 0 Å². The van der Waals surface area contributed by atoms with E-state index in [2.05, 4.69) is 5.32 Å². The molecule has 4 nitrogen and oxygen atoms in total. The Hall–Kier alpha value is -2.97. The Bertz CT molecular complexity index is 798. The molecule has 2 rings (SSSR count). The second-order valence-corrected chi connectivity index (χ2v) is 5.27. The van der Waals surface area contributed by atoms with Crippen LogP contribution in [0.15, 0.2) is 42.5 Å². The van der Waals surface area contributed by atoms with Crippen molar-refractivity contribution in [3.63, 3.8) is 0 Å². The zero-order valence-electron chi connectivity index (χ0n) is 13.2. The molecule has 0 fully saturated rings. The molecule has 2 aromatic rings. The lowest BCUT2D eigenvalue weighted by Crippen LogP contribution is -2.30. The quantitative estimate of drug-likeness (QED) is 0.647. The molecule has 0 bridgehead atoms. The first-order valence-electron chi connectivity index (χ1n) is 7.21. The number of carbonyl (C=O) groups excluding carboxylic acids is 2. The molecular weight excluding hydrogens is 361 g/mol. The molecule has 0 aromatic heterocycles. The van der Waals surface area contributed by atoms with Crippen LogP contribution in [-0.2, 0) is 15.7 Å². The fourth-order valence-electron chi connectivity index (χ4n) is 1.94. The van der Waals surface area contributed by atoms with Crippen LogP contribution in [-0.4, -0.2) is 18.0 Å². The molecule has 0 saturated carbocycles. The summed E-state index contributed by atoms with van der Waals surface area (Å²) < 4.78 is 68.4. The number of amides is 1. The first kappa shape index (κ1) is 19.4. The van der Waals surface area contributed by atoms with Crippen molar-refractivity contribution in [1.82, 2.24) is 0 Å². The Morgan fingerprint density at radius 1 is 1.00 bits per heavy atom. The van der Waals surface area contributed by atoms with Gasteiger partial charge in [0.1, 0.15) is 11.6 Å². The average molecular weight is 373 g/mol. The normalized spacial score (nSPS) is 12.4. The number of ether oxygens (including phenoxy) is 1. The van der Waals surface area contributed by atoms with E-state index >= 15 is 0 Å². The Morgan fingerprint density at radius 3 is 2.04 bits per heavy atom. The lowest BCUT2D eigenvalue weighted by Gasteiger charge is -2.14. The van der Waals surface area contributed by atoms with Crippen molar-refractivity contribution in [3.8, 4) is 0 Å². The van der Waals surface area contributed by atoms with Crippen molar-refractivity contribution in [2.24, 2.45) is 0 Å². The summed E-state index contributed by atoms with van der Waals surface area (Å²) in [6, 6.07) is 5.69. The van der Waals surface area contributed by atoms with Crippen molar-refractivity contribution in [1.29, 1.82) is 0 Å². The molecule has 138 valence electrons. The maximum Gasteiger partial charge on any atom is 0.416 e. The van der Waals surface area contributed by atoms with Crippen molar-refractivity contribution in [3.05, 3.63) is 65.2 Å². The summed E-state index contributed by atoms with van der Waals surface area (Å²) in [6.45, 7) is 1.20. The number of nitrogens with one attached hydrogen (secondary N) is 1. The number of carbonyl (C=O) groups is 2. The number of anilines is 1. The summed E-state index contributed by atoms with van der Waals surface area (Å²) >= 11 is 0. The van der Waals surface area contributed by atoms with Gasteiger partial charge in [-0.1, -0.05) is 0 Å². The SMILES string of the molecule is CC(OC(=O)c1cc(F)cc(F)c1)C(=O)Nc1ccc(C(F)(F)F)cc1. The van der Waals surface area contributed by atoms with Crippen molar-refractivity contribution in [2.75, 3.05) is 5.32 Å². The highest BCUT2D eigenvalue weighted by molar-refractivity contribution is 5.97. The maximum absolute atomic E-state index is 13.1. The Balaban J connectivity index is 2.00. The molecule has 0 aliphatic heterocycles. The van der Waals surface area contributed by atoms with Crippen LogP contribution in [0.1, 0.15) is 22.8 Å². The van der Waals surface area contributed by atoms with Gasteiger partial charge in [-0.25, -0.2) is 13.6 Å². The average Bonchev–Trinajstić information content (AvgIpc) is 2.53. The number of hydrogen-bond acceptors (Lipinski definition) is 3. The smallest absolute Gasteiger partial charge is 0.416 e. The fraction of sp³-hybridized carbons (Fsp3) is 0.176. The third-order valence-corrected chi connectivity index (χ3v) is 3.23. The van der Waals surface area contributed by atoms with Gasteiger partial charge in [-0.15, -0.1) is 0 Å². The van der Waals surface area contributed by atoms with Gasteiger partial charge in [0.15, 0.2) is 6.10 Å². The van der Waals surface area contributed by atoms with Gasteiger partial charge in [0.25, 0.3) is 5.91 Å². The highest BCUT2D eigenvalue weighted by atomic mass is 19.4. The third-order valence-electron chi connectivity index (χ3n) is 3.23. The van der Waals surface area contributed by atoms with Crippen LogP contribution in [0.3, 0.4) is 0 Å². The van der Waals surface area contributed by atoms with Crippen LogP contribution in [0.2, 0.25) is 0 Å². The summed E-state index contributed by atoms with van der Waals surface area (Å²) in [5.74, 6) is -3.92. The summed E-state index contributed by atoms with van der Waals surface area (Å²) in [5.41, 5.74) is -1.25. The summed E-state index contributed by atoms with van der Waals surface area (Å²) in [4.78, 5) is 23.7. The largest absolute Gasteiger partial charge is 0.449 e. The van der Waals surface area contributed by atoms with Crippen molar-refractivity contribution in [2.45, 2.75) is 19.2 Å². The number of alkyl halides is 3. The molecule has 1 N–H and O–H groups in total. The zero-order chi connectivity index (χ0) is 19.5. The van der Waals surface area contributed by atoms with Gasteiger partial charge < -0.3 is 10.1 Å². The van der Waals surface area contributed by atoms with Gasteiger partial charge >= 0.3 is 12.1 Å². The monoisotopic (exact) mass is 373 g/mol. The minimum Gasteiger partial charge on any atom is -0.449 e. The minimum atomic E-state index is -4.51. The van der Waals surface area contributed by atoms with E-state index in [0.29, 0.717) is 6.07 Å². The van der Waals surface area contributed by atoms with E-state index in [1.165, 1.54) is 6.92 Å². The van der Waals surface area contributed by atoms with E-state index in [-0.39, 0.29) is 5.69 Å². The van der Waals surface area contributed by atoms with E-state index in [4.69, 9.17) is 4.74 Å². The molecule has 1 amide bonds. The Kier molecular flexibility index (Phi) is 5.59. The Labute approximate surface area is 144 Å². The van der Waals surface area contributed by atoms with Gasteiger partial charge in [-0.05, 0) is 43.3 Å². The molecular formula is C17H12F5NO3. The van der Waals surface area contributed by atoms with Crippen LogP contribution in [0.4, 0.5) is 27.6 Å². The highest BCUT2D eigenvalue weighted by Crippen LogP contribution is 2.29. The third kappa shape index (κ3) is 5.01. The molecule has 26 heavy (non-hydrogen) atoms. The van der Waals surface area contributed by atoms with E-state index in [9.17, 15) is 31.5 Å². The first-order valence-corrected chi connectivity index (χ1v) is 7.21. The zero-order valence-corrected chi connectivity index (χ0v) is 13.2. The number of benzene rings is 2. The van der Waals surface area contributed by atoms with Gasteiger partial charge in [0.05, 0.1) is 11.1 Å². The summed E-state index contributed by atoms with van der Waals surface area (Å²) in [6.07, 6.45) is -5.86. The fourth-order valence-corrected chi connectivity index (χ4v) is 1.94. The number of esters is 1. The van der Waals surface area contributed by atoms with Crippen LogP contribution in [0.25, 0.3) is 0 Å². The summed E-state index contributed by atoms with van der Waals surface area (Å²) in [7, 11) is 0. The molecule has 0 aliphatic rings. The van der Waals surface area contributed by atoms with Gasteiger partial charge in [-0.3, -0.25) is 4.79 Å². The van der Waals surface area contributed by atoms with Crippen LogP contribution in [0, 0.1) is 11.6 Å². The van der Waals surface area contributed by atoms with Crippen molar-refractivity contribution >= 4 is 17.6 Å². The molecule has 0 heterocycles. The molecule has 2 aromatic carbocycles. The topological polar surface area (TPSA) is 55.4 Å². The van der Waals surface area contributed by atoms with Crippen LogP contribution in [0.5, 0.6) is 0 Å². The number of rotatable bonds is 4. The molecule has 1 atom stereocenters. The molecule has 0 radical (unpaired) electrons. The lowest BCUT2D eigenvalue weighted by atomic mass is 10.2. The van der Waals surface area contributed by atoms with E-state index < -0.39 is 46.9 Å². The molecule has 0 aliphatic carbocycles. The number of halogens is 5. The predicted molar refractivity (Wildman–Crippen MR) is 81.3 cm³/mol. The van der Waals surface area contributed by atoms with Crippen LogP contribution >= 0.6 is 0 Å². The molecule has 0 spiro atoms. The standard InChI is InChI=1S/C17H12F5NO3/c1-9(26-16(25)10-6-12(18)8-13(19)7-10)15(24)23-14-4-2-11(3-5-14)17(20,21)22/h2-9H,1H3,(H,23,24). The summed E-state index contributed by atoms with van der Waals surface area (Å²) in [5, 5.41) is 2.27. The first-order chi connectivity index (χ1) is 12.1. The van der Waals surface area contributed by atoms with Crippen molar-refractivity contribution < 1.29 is 36.3 Å². The van der Waals surface area contributed by atoms with Gasteiger partial charge in [-0.2, -0.15) is 13.2 Å². The predicted octanol–water partition coefficient (Wildman–Crippen LogP) is 4.17. The highest BCUT2D eigenvalue weighted by Gasteiger charge is 2.30. The molecule has 1 unspecified atom stereocenters. The molecule has 9 heteroatoms. The lowest BCUT2D eigenvalue weighted by molar-refractivity contribution is -0.137. The number of hydrogen-bond donors (Lipinski definition) is 1. The maximum atomic E-state index is 13.1. The Morgan fingerprint density at radius 2 is 1.54 bits per heavy atom. The minimum absolute atomic E-state index is 0.0581. The molecule has 0 saturated heterocycles. The van der Waals surface area contributed by atoms with E-state index in [1.54, 1.807) is 0 Å². The van der Waals surface area contributed by atoms with E-state index in [1.807, 2.05) is 0 Å². The van der Waals surface area contributed by atoms with Gasteiger partial charge in [0, 0.05) is 11.8 Å². The second-order valence-electron chi connectivity index (χ2n) is 5.27.